The van der Waals surface area contributed by atoms with E-state index in [4.69, 9.17) is 9.31 Å². The van der Waals surface area contributed by atoms with Gasteiger partial charge in [-0.05, 0) is 61.1 Å². The number of ketones is 3. The highest BCUT2D eigenvalue weighted by Crippen LogP contribution is 2.68. The monoisotopic (exact) mass is 454 g/mol. The maximum absolute atomic E-state index is 14.0. The lowest BCUT2D eigenvalue weighted by Gasteiger charge is -2.60. The summed E-state index contributed by atoms with van der Waals surface area (Å²) < 4.78 is 12.7. The lowest BCUT2D eigenvalue weighted by atomic mass is 9.43. The van der Waals surface area contributed by atoms with Crippen LogP contribution in [0, 0.1) is 34.5 Å². The molecule has 6 rings (SSSR count). The molecule has 0 amide bonds. The predicted molar refractivity (Wildman–Crippen MR) is 124 cm³/mol. The van der Waals surface area contributed by atoms with Crippen LogP contribution >= 0.6 is 0 Å². The highest BCUT2D eigenvalue weighted by Gasteiger charge is 2.71. The summed E-state index contributed by atoms with van der Waals surface area (Å²) in [6.07, 6.45) is 12.2. The molecule has 180 valence electrons. The van der Waals surface area contributed by atoms with Crippen molar-refractivity contribution in [1.82, 2.24) is 0 Å². The Bertz CT molecular complexity index is 867. The smallest absolute Gasteiger partial charge is 0.403 e. The van der Waals surface area contributed by atoms with E-state index >= 15 is 0 Å². The highest BCUT2D eigenvalue weighted by molar-refractivity contribution is 6.48. The second-order valence-electron chi connectivity index (χ2n) is 12.8. The van der Waals surface area contributed by atoms with E-state index in [1.54, 1.807) is 0 Å². The first kappa shape index (κ1) is 22.5. The van der Waals surface area contributed by atoms with E-state index < -0.39 is 11.0 Å². The molecule has 1 saturated heterocycles. The third kappa shape index (κ3) is 3.08. The van der Waals surface area contributed by atoms with Crippen LogP contribution in [0.5, 0.6) is 0 Å². The molecule has 0 aromatic rings. The van der Waals surface area contributed by atoms with Gasteiger partial charge in [-0.1, -0.05) is 46.0 Å². The topological polar surface area (TPSA) is 69.7 Å². The number of Topliss-reactive ketones (excluding diaryl/α,β-unsaturated/α-hetero) is 3. The zero-order chi connectivity index (χ0) is 23.0. The zero-order valence-corrected chi connectivity index (χ0v) is 20.4. The first-order chi connectivity index (χ1) is 15.8. The number of carbonyl (C=O) groups is 3. The van der Waals surface area contributed by atoms with Crippen molar-refractivity contribution in [2.75, 3.05) is 6.61 Å². The van der Waals surface area contributed by atoms with Crippen molar-refractivity contribution in [2.24, 2.45) is 34.5 Å². The van der Waals surface area contributed by atoms with Crippen molar-refractivity contribution in [3.05, 3.63) is 0 Å². The van der Waals surface area contributed by atoms with Gasteiger partial charge in [0.2, 0.25) is 0 Å². The van der Waals surface area contributed by atoms with Gasteiger partial charge in [0.05, 0.1) is 6.61 Å². The van der Waals surface area contributed by atoms with Crippen LogP contribution in [0.2, 0.25) is 5.82 Å². The van der Waals surface area contributed by atoms with Crippen LogP contribution in [-0.2, 0) is 23.7 Å². The maximum atomic E-state index is 14.0. The normalized spacial score (nSPS) is 48.5. The lowest BCUT2D eigenvalue weighted by Crippen LogP contribution is -2.66. The van der Waals surface area contributed by atoms with Crippen LogP contribution in [0.15, 0.2) is 0 Å². The zero-order valence-electron chi connectivity index (χ0n) is 20.4. The van der Waals surface area contributed by atoms with E-state index in [2.05, 4.69) is 13.8 Å². The number of hydrogen-bond acceptors (Lipinski definition) is 5. The molecule has 6 fully saturated rings. The van der Waals surface area contributed by atoms with Crippen LogP contribution in [0.4, 0.5) is 0 Å². The minimum absolute atomic E-state index is 0.0432. The summed E-state index contributed by atoms with van der Waals surface area (Å²) in [6.45, 7) is 4.62. The number of carbonyl (C=O) groups excluding carboxylic acids is 3. The van der Waals surface area contributed by atoms with Gasteiger partial charge in [0.1, 0.15) is 17.2 Å². The summed E-state index contributed by atoms with van der Waals surface area (Å²) in [6, 6.07) is 0. The van der Waals surface area contributed by atoms with E-state index in [1.165, 1.54) is 19.3 Å². The Morgan fingerprint density at radius 3 is 2.52 bits per heavy atom. The molecular formula is C27H39BO5. The minimum Gasteiger partial charge on any atom is -0.403 e. The molecule has 6 heteroatoms. The van der Waals surface area contributed by atoms with E-state index in [0.717, 1.165) is 44.9 Å². The van der Waals surface area contributed by atoms with Crippen LogP contribution in [0.3, 0.4) is 0 Å². The standard InChI is InChI=1S/C27H39BO5/c1-25-12-10-19(29)14-17(25)8-9-20-21-11-13-27(26(21,2)15-22(30)24(20)25)23(31)16-32-28(33-27)18-6-4-3-5-7-18/h17-18,20-21,24H,3-16H2,1-2H3/t17-,20+,21+,24-,25+,26+,27+/m1/s1. The van der Waals surface area contributed by atoms with Gasteiger partial charge < -0.3 is 9.31 Å². The molecule has 1 spiro atoms. The molecule has 0 N–H and O–H groups in total. The van der Waals surface area contributed by atoms with E-state index in [0.29, 0.717) is 54.4 Å². The third-order valence-corrected chi connectivity index (χ3v) is 11.5. The SMILES string of the molecule is C[C@]12CCC(=O)C[C@H]1CC[C@@H]1[C@@H]2C(=O)C[C@@]2(C)[C@H]1CC[C@@]21OB(C2CCCCC2)OCC1=O. The maximum Gasteiger partial charge on any atom is 0.461 e. The molecule has 5 saturated carbocycles. The molecule has 5 nitrogen and oxygen atoms in total. The Morgan fingerprint density at radius 1 is 0.939 bits per heavy atom. The van der Waals surface area contributed by atoms with Crippen molar-refractivity contribution >= 4 is 24.5 Å². The first-order valence-corrected chi connectivity index (χ1v) is 13.7. The van der Waals surface area contributed by atoms with Gasteiger partial charge in [0.15, 0.2) is 5.78 Å². The largest absolute Gasteiger partial charge is 0.461 e. The second kappa shape index (κ2) is 7.75. The molecule has 0 bridgehead atoms. The number of fused-ring (bicyclic) bond motifs is 6. The molecule has 33 heavy (non-hydrogen) atoms. The molecule has 0 radical (unpaired) electrons. The molecule has 1 heterocycles. The summed E-state index contributed by atoms with van der Waals surface area (Å²) in [4.78, 5) is 39.6. The minimum atomic E-state index is -0.862. The van der Waals surface area contributed by atoms with Crippen LogP contribution in [0.1, 0.15) is 97.3 Å². The molecular weight excluding hydrogens is 415 g/mol. The number of rotatable bonds is 1. The number of hydrogen-bond donors (Lipinski definition) is 0. The van der Waals surface area contributed by atoms with Gasteiger partial charge in [-0.3, -0.25) is 14.4 Å². The molecule has 0 aromatic carbocycles. The average molecular weight is 454 g/mol. The van der Waals surface area contributed by atoms with E-state index in [1.807, 2.05) is 0 Å². The van der Waals surface area contributed by atoms with E-state index in [-0.39, 0.29) is 30.8 Å². The average Bonchev–Trinajstić information content (AvgIpc) is 3.08. The van der Waals surface area contributed by atoms with Gasteiger partial charge in [0.25, 0.3) is 0 Å². The van der Waals surface area contributed by atoms with Gasteiger partial charge in [-0.25, -0.2) is 0 Å². The summed E-state index contributed by atoms with van der Waals surface area (Å²) >= 11 is 0. The molecule has 7 atom stereocenters. The van der Waals surface area contributed by atoms with Gasteiger partial charge in [-0.2, -0.15) is 0 Å². The predicted octanol–water partition coefficient (Wildman–Crippen LogP) is 4.95. The Labute approximate surface area is 198 Å². The lowest BCUT2D eigenvalue weighted by molar-refractivity contribution is -0.181. The fourth-order valence-electron chi connectivity index (χ4n) is 9.71. The van der Waals surface area contributed by atoms with Crippen LogP contribution < -0.4 is 0 Å². The summed E-state index contributed by atoms with van der Waals surface area (Å²) in [5.74, 6) is 2.18. The molecule has 1 aliphatic heterocycles. The quantitative estimate of drug-likeness (QED) is 0.524. The first-order valence-electron chi connectivity index (χ1n) is 13.7. The molecule has 6 aliphatic rings. The van der Waals surface area contributed by atoms with Crippen LogP contribution in [-0.4, -0.2) is 36.7 Å². The second-order valence-corrected chi connectivity index (χ2v) is 12.8. The van der Waals surface area contributed by atoms with Crippen molar-refractivity contribution in [2.45, 2.75) is 109 Å². The van der Waals surface area contributed by atoms with Gasteiger partial charge >= 0.3 is 7.12 Å². The fraction of sp³-hybridized carbons (Fsp3) is 0.889. The summed E-state index contributed by atoms with van der Waals surface area (Å²) in [5.41, 5.74) is -1.36. The van der Waals surface area contributed by atoms with Crippen molar-refractivity contribution in [1.29, 1.82) is 0 Å². The van der Waals surface area contributed by atoms with Gasteiger partial charge in [0, 0.05) is 30.6 Å². The molecule has 0 aromatic heterocycles. The van der Waals surface area contributed by atoms with Crippen LogP contribution in [0.25, 0.3) is 0 Å². The van der Waals surface area contributed by atoms with Crippen molar-refractivity contribution in [3.63, 3.8) is 0 Å². The molecule has 5 aliphatic carbocycles. The highest BCUT2D eigenvalue weighted by atomic mass is 16.6. The van der Waals surface area contributed by atoms with Crippen molar-refractivity contribution in [3.8, 4) is 0 Å². The Kier molecular flexibility index (Phi) is 5.27. The Balaban J connectivity index is 1.31. The van der Waals surface area contributed by atoms with Gasteiger partial charge in [-0.15, -0.1) is 0 Å². The fourth-order valence-corrected chi connectivity index (χ4v) is 9.71. The Morgan fingerprint density at radius 2 is 1.73 bits per heavy atom. The van der Waals surface area contributed by atoms with Crippen molar-refractivity contribution < 1.29 is 23.7 Å². The Hall–Kier alpha value is -1.01. The third-order valence-electron chi connectivity index (χ3n) is 11.5. The summed E-state index contributed by atoms with van der Waals surface area (Å²) in [5, 5.41) is 0. The van der Waals surface area contributed by atoms with E-state index in [9.17, 15) is 14.4 Å². The molecule has 0 unspecified atom stereocenters. The summed E-state index contributed by atoms with van der Waals surface area (Å²) in [7, 11) is -0.302.